The highest BCUT2D eigenvalue weighted by Gasteiger charge is 2.11. The van der Waals surface area contributed by atoms with Crippen LogP contribution in [0.5, 0.6) is 0 Å². The van der Waals surface area contributed by atoms with Crippen LogP contribution < -0.4 is 0 Å². The summed E-state index contributed by atoms with van der Waals surface area (Å²) in [6.07, 6.45) is 3.46. The summed E-state index contributed by atoms with van der Waals surface area (Å²) in [6.45, 7) is 0. The summed E-state index contributed by atoms with van der Waals surface area (Å²) in [5.74, 6) is 0. The van der Waals surface area contributed by atoms with E-state index in [4.69, 9.17) is 0 Å². The van der Waals surface area contributed by atoms with E-state index in [1.54, 1.807) is 12.4 Å². The number of H-pyrrole nitrogens is 1. The number of benzene rings is 5. The van der Waals surface area contributed by atoms with E-state index < -0.39 is 0 Å². The van der Waals surface area contributed by atoms with Crippen molar-refractivity contribution < 1.29 is 0 Å². The standard InChI is InChI=1S/C20H12.C3H4N2/c1-5-13-6-2-11-17-18-12-4-8-14-7-3-10-16(20(14)18)15(9-1)19(13)17;1-2-4-5-3-1/h1-12H;1-3H,(H,4,5). The molecular weight excluding hydrogens is 304 g/mol. The Balaban J connectivity index is 0.000000244. The SMILES string of the molecule is c1cc2cccc3c4cccc5cccc(c(c1)c23)c54.c1cn[nH]c1. The lowest BCUT2D eigenvalue weighted by molar-refractivity contribution is 1.09. The molecule has 0 radical (unpaired) electrons. The minimum absolute atomic E-state index is 1.33. The second-order valence-electron chi connectivity index (χ2n) is 6.18. The van der Waals surface area contributed by atoms with Crippen LogP contribution in [0.1, 0.15) is 0 Å². The van der Waals surface area contributed by atoms with Gasteiger partial charge in [-0.05, 0) is 49.2 Å². The van der Waals surface area contributed by atoms with Crippen LogP contribution >= 0.6 is 0 Å². The lowest BCUT2D eigenvalue weighted by atomic mass is 9.90. The van der Waals surface area contributed by atoms with Crippen LogP contribution in [0.15, 0.2) is 91.3 Å². The van der Waals surface area contributed by atoms with Gasteiger partial charge in [-0.15, -0.1) is 0 Å². The summed E-state index contributed by atoms with van der Waals surface area (Å²) in [5.41, 5.74) is 0. The van der Waals surface area contributed by atoms with E-state index in [1.807, 2.05) is 6.07 Å². The first-order chi connectivity index (χ1) is 12.4. The first kappa shape index (κ1) is 14.0. The Bertz CT molecular complexity index is 1100. The molecule has 1 aromatic heterocycles. The van der Waals surface area contributed by atoms with Crippen molar-refractivity contribution in [3.05, 3.63) is 91.3 Å². The Morgan fingerprint density at radius 3 is 1.24 bits per heavy atom. The zero-order chi connectivity index (χ0) is 16.6. The van der Waals surface area contributed by atoms with Crippen LogP contribution in [0.25, 0.3) is 43.1 Å². The fourth-order valence-corrected chi connectivity index (χ4v) is 3.79. The molecule has 25 heavy (non-hydrogen) atoms. The summed E-state index contributed by atoms with van der Waals surface area (Å²) in [4.78, 5) is 0. The van der Waals surface area contributed by atoms with Gasteiger partial charge in [-0.2, -0.15) is 5.10 Å². The van der Waals surface area contributed by atoms with E-state index in [0.717, 1.165) is 0 Å². The summed E-state index contributed by atoms with van der Waals surface area (Å²) in [6, 6.07) is 28.3. The molecule has 5 aromatic carbocycles. The predicted octanol–water partition coefficient (Wildman–Crippen LogP) is 6.15. The summed E-state index contributed by atoms with van der Waals surface area (Å²) >= 11 is 0. The van der Waals surface area contributed by atoms with E-state index >= 15 is 0 Å². The van der Waals surface area contributed by atoms with E-state index in [0.29, 0.717) is 0 Å². The number of nitrogens with zero attached hydrogens (tertiary/aromatic N) is 1. The smallest absolute Gasteiger partial charge is 0.0487 e. The molecule has 1 heterocycles. The largest absolute Gasteiger partial charge is 0.286 e. The van der Waals surface area contributed by atoms with Crippen molar-refractivity contribution in [1.82, 2.24) is 10.2 Å². The van der Waals surface area contributed by atoms with Crippen molar-refractivity contribution in [1.29, 1.82) is 0 Å². The van der Waals surface area contributed by atoms with Crippen LogP contribution in [0.3, 0.4) is 0 Å². The van der Waals surface area contributed by atoms with Crippen LogP contribution in [-0.4, -0.2) is 10.2 Å². The number of fused-ring (bicyclic) bond motifs is 2. The van der Waals surface area contributed by atoms with E-state index in [9.17, 15) is 0 Å². The highest BCUT2D eigenvalue weighted by molar-refractivity contribution is 6.32. The second kappa shape index (κ2) is 5.60. The Kier molecular flexibility index (Phi) is 3.14. The molecule has 0 saturated carbocycles. The van der Waals surface area contributed by atoms with Crippen LogP contribution in [0.4, 0.5) is 0 Å². The van der Waals surface area contributed by atoms with Gasteiger partial charge in [0, 0.05) is 12.4 Å². The fraction of sp³-hybridized carbons (Fsp3) is 0. The van der Waals surface area contributed by atoms with E-state index in [2.05, 4.69) is 83.0 Å². The van der Waals surface area contributed by atoms with Crippen molar-refractivity contribution in [3.8, 4) is 0 Å². The molecule has 0 fully saturated rings. The van der Waals surface area contributed by atoms with Crippen molar-refractivity contribution in [3.63, 3.8) is 0 Å². The van der Waals surface area contributed by atoms with E-state index in [1.165, 1.54) is 43.1 Å². The Morgan fingerprint density at radius 2 is 0.960 bits per heavy atom. The predicted molar refractivity (Wildman–Crippen MR) is 106 cm³/mol. The third-order valence-electron chi connectivity index (χ3n) is 4.80. The maximum absolute atomic E-state index is 3.60. The Labute approximate surface area is 145 Å². The first-order valence-electron chi connectivity index (χ1n) is 8.41. The van der Waals surface area contributed by atoms with Crippen LogP contribution in [0.2, 0.25) is 0 Å². The molecule has 0 aliphatic carbocycles. The molecule has 0 saturated heterocycles. The lowest BCUT2D eigenvalue weighted by Crippen LogP contribution is -1.85. The zero-order valence-electron chi connectivity index (χ0n) is 13.6. The second-order valence-corrected chi connectivity index (χ2v) is 6.18. The number of hydrogen-bond acceptors (Lipinski definition) is 1. The number of aromatic nitrogens is 2. The van der Waals surface area contributed by atoms with E-state index in [-0.39, 0.29) is 0 Å². The molecule has 2 nitrogen and oxygen atoms in total. The van der Waals surface area contributed by atoms with Crippen molar-refractivity contribution >= 4 is 43.1 Å². The number of rotatable bonds is 0. The molecule has 0 aliphatic heterocycles. The van der Waals surface area contributed by atoms with Gasteiger partial charge < -0.3 is 0 Å². The van der Waals surface area contributed by atoms with Gasteiger partial charge in [0.1, 0.15) is 0 Å². The number of hydrogen-bond donors (Lipinski definition) is 1. The minimum Gasteiger partial charge on any atom is -0.286 e. The Hall–Kier alpha value is -3.39. The van der Waals surface area contributed by atoms with Gasteiger partial charge in [-0.25, -0.2) is 0 Å². The molecule has 1 N–H and O–H groups in total. The molecule has 0 amide bonds. The molecule has 0 unspecified atom stereocenters. The van der Waals surface area contributed by atoms with Crippen molar-refractivity contribution in [2.75, 3.05) is 0 Å². The fourth-order valence-electron chi connectivity index (χ4n) is 3.79. The molecule has 6 rings (SSSR count). The highest BCUT2D eigenvalue weighted by atomic mass is 15.1. The third-order valence-corrected chi connectivity index (χ3v) is 4.80. The summed E-state index contributed by atoms with van der Waals surface area (Å²) < 4.78 is 0. The van der Waals surface area contributed by atoms with Gasteiger partial charge in [0.25, 0.3) is 0 Å². The number of nitrogens with one attached hydrogen (secondary N) is 1. The van der Waals surface area contributed by atoms with Crippen LogP contribution in [0, 0.1) is 0 Å². The molecule has 0 aliphatic rings. The van der Waals surface area contributed by atoms with Crippen molar-refractivity contribution in [2.24, 2.45) is 0 Å². The maximum Gasteiger partial charge on any atom is 0.0487 e. The molecule has 0 atom stereocenters. The normalized spacial score (nSPS) is 11.2. The lowest BCUT2D eigenvalue weighted by Gasteiger charge is -2.13. The number of aromatic amines is 1. The molecule has 6 aromatic rings. The van der Waals surface area contributed by atoms with Crippen molar-refractivity contribution in [2.45, 2.75) is 0 Å². The van der Waals surface area contributed by atoms with Gasteiger partial charge in [0.05, 0.1) is 0 Å². The van der Waals surface area contributed by atoms with Gasteiger partial charge in [0.2, 0.25) is 0 Å². The molecule has 2 heteroatoms. The quantitative estimate of drug-likeness (QED) is 0.264. The Morgan fingerprint density at radius 1 is 0.520 bits per heavy atom. The maximum atomic E-state index is 3.60. The summed E-state index contributed by atoms with van der Waals surface area (Å²) in [5, 5.41) is 17.1. The average Bonchev–Trinajstić information content (AvgIpc) is 3.26. The zero-order valence-corrected chi connectivity index (χ0v) is 13.6. The molecule has 118 valence electrons. The van der Waals surface area contributed by atoms with Gasteiger partial charge in [-0.1, -0.05) is 72.8 Å². The average molecular weight is 320 g/mol. The minimum atomic E-state index is 1.33. The molecule has 0 bridgehead atoms. The first-order valence-corrected chi connectivity index (χ1v) is 8.41. The third kappa shape index (κ3) is 2.15. The van der Waals surface area contributed by atoms with Gasteiger partial charge in [0.15, 0.2) is 0 Å². The molecular formula is C23H16N2. The van der Waals surface area contributed by atoms with Gasteiger partial charge >= 0.3 is 0 Å². The topological polar surface area (TPSA) is 28.7 Å². The van der Waals surface area contributed by atoms with Gasteiger partial charge in [-0.3, -0.25) is 5.10 Å². The summed E-state index contributed by atoms with van der Waals surface area (Å²) in [7, 11) is 0. The highest BCUT2D eigenvalue weighted by Crippen LogP contribution is 2.39. The van der Waals surface area contributed by atoms with Crippen LogP contribution in [-0.2, 0) is 0 Å². The monoisotopic (exact) mass is 320 g/mol. The molecule has 0 spiro atoms.